The van der Waals surface area contributed by atoms with Gasteiger partial charge in [-0.25, -0.2) is 0 Å². The zero-order chi connectivity index (χ0) is 12.5. The van der Waals surface area contributed by atoms with E-state index >= 15 is 0 Å². The highest BCUT2D eigenvalue weighted by Crippen LogP contribution is 2.27. The third-order valence-corrected chi connectivity index (χ3v) is 4.16. The van der Waals surface area contributed by atoms with Crippen LogP contribution in [0, 0.1) is 11.8 Å². The molecule has 1 N–H and O–H groups in total. The van der Waals surface area contributed by atoms with Crippen LogP contribution in [-0.4, -0.2) is 18.8 Å². The van der Waals surface area contributed by atoms with Gasteiger partial charge in [0.2, 0.25) is 0 Å². The van der Waals surface area contributed by atoms with Crippen molar-refractivity contribution in [2.75, 3.05) is 12.8 Å². The first-order valence-corrected chi connectivity index (χ1v) is 7.08. The Morgan fingerprint density at radius 2 is 2.18 bits per heavy atom. The fourth-order valence-corrected chi connectivity index (χ4v) is 2.83. The third-order valence-electron chi connectivity index (χ3n) is 2.48. The van der Waals surface area contributed by atoms with Gasteiger partial charge in [-0.3, -0.25) is 0 Å². The van der Waals surface area contributed by atoms with E-state index in [1.165, 1.54) is 0 Å². The number of benzene rings is 1. The summed E-state index contributed by atoms with van der Waals surface area (Å²) < 4.78 is 0. The van der Waals surface area contributed by atoms with Gasteiger partial charge in [0.05, 0.1) is 5.02 Å². The second-order valence-electron chi connectivity index (χ2n) is 3.69. The van der Waals surface area contributed by atoms with Gasteiger partial charge in [-0.2, -0.15) is 0 Å². The van der Waals surface area contributed by atoms with Crippen molar-refractivity contribution in [1.82, 2.24) is 5.32 Å². The van der Waals surface area contributed by atoms with E-state index in [4.69, 9.17) is 11.6 Å². The number of hydrogen-bond donors (Lipinski definition) is 1. The number of thioether (sulfide) groups is 1. The summed E-state index contributed by atoms with van der Waals surface area (Å²) in [6.45, 7) is 1.88. The van der Waals surface area contributed by atoms with E-state index in [1.54, 1.807) is 11.8 Å². The molecule has 0 saturated carbocycles. The molecule has 0 aliphatic heterocycles. The maximum Gasteiger partial charge on any atom is 0.0541 e. The summed E-state index contributed by atoms with van der Waals surface area (Å²) in [7, 11) is 2.00. The van der Waals surface area contributed by atoms with E-state index in [9.17, 15) is 0 Å². The first-order valence-electron chi connectivity index (χ1n) is 5.72. The predicted octanol–water partition coefficient (Wildman–Crippen LogP) is 3.82. The lowest BCUT2D eigenvalue weighted by atomic mass is 10.2. The van der Waals surface area contributed by atoms with Crippen LogP contribution in [0.2, 0.25) is 5.02 Å². The summed E-state index contributed by atoms with van der Waals surface area (Å²) in [5.74, 6) is 7.04. The van der Waals surface area contributed by atoms with Gasteiger partial charge in [0.15, 0.2) is 0 Å². The van der Waals surface area contributed by atoms with Crippen molar-refractivity contribution in [1.29, 1.82) is 0 Å². The topological polar surface area (TPSA) is 12.0 Å². The third kappa shape index (κ3) is 5.50. The van der Waals surface area contributed by atoms with Crippen molar-refractivity contribution >= 4 is 23.4 Å². The number of halogens is 1. The van der Waals surface area contributed by atoms with Crippen molar-refractivity contribution < 1.29 is 0 Å². The van der Waals surface area contributed by atoms with Crippen molar-refractivity contribution in [2.45, 2.75) is 30.7 Å². The Kier molecular flexibility index (Phi) is 7.19. The van der Waals surface area contributed by atoms with E-state index < -0.39 is 0 Å². The molecular weight excluding hydrogens is 250 g/mol. The van der Waals surface area contributed by atoms with Crippen LogP contribution >= 0.6 is 23.4 Å². The Morgan fingerprint density at radius 3 is 2.82 bits per heavy atom. The van der Waals surface area contributed by atoms with Gasteiger partial charge in [0, 0.05) is 23.1 Å². The molecule has 1 nitrogen and oxygen atoms in total. The van der Waals surface area contributed by atoms with Gasteiger partial charge >= 0.3 is 0 Å². The number of nitrogens with one attached hydrogen (secondary N) is 1. The summed E-state index contributed by atoms with van der Waals surface area (Å²) in [5, 5.41) is 4.15. The van der Waals surface area contributed by atoms with Crippen LogP contribution in [0.3, 0.4) is 0 Å². The SMILES string of the molecule is CC#CCCC(CSc1ccccc1Cl)NC. The molecule has 0 aromatic heterocycles. The van der Waals surface area contributed by atoms with Crippen LogP contribution in [0.1, 0.15) is 19.8 Å². The zero-order valence-electron chi connectivity index (χ0n) is 10.3. The van der Waals surface area contributed by atoms with Gasteiger partial charge in [-0.15, -0.1) is 23.6 Å². The molecule has 3 heteroatoms. The second kappa shape index (κ2) is 8.47. The highest BCUT2D eigenvalue weighted by Gasteiger charge is 2.07. The molecule has 0 radical (unpaired) electrons. The standard InChI is InChI=1S/C14H18ClNS/c1-3-4-5-8-12(16-2)11-17-14-10-7-6-9-13(14)15/h6-7,9-10,12,16H,5,8,11H2,1-2H3. The Labute approximate surface area is 113 Å². The maximum absolute atomic E-state index is 6.11. The molecule has 0 spiro atoms. The Bertz CT molecular complexity index is 395. The average Bonchev–Trinajstić information content (AvgIpc) is 2.35. The summed E-state index contributed by atoms with van der Waals surface area (Å²) in [4.78, 5) is 1.15. The Hall–Kier alpha value is -0.620. The van der Waals surface area contributed by atoms with E-state index in [1.807, 2.05) is 32.2 Å². The lowest BCUT2D eigenvalue weighted by Gasteiger charge is -2.14. The molecule has 0 aliphatic rings. The summed E-state index contributed by atoms with van der Waals surface area (Å²) in [6.07, 6.45) is 2.03. The van der Waals surface area contributed by atoms with Crippen molar-refractivity contribution in [3.8, 4) is 11.8 Å². The molecule has 1 atom stereocenters. The van der Waals surface area contributed by atoms with Crippen LogP contribution in [0.15, 0.2) is 29.2 Å². The minimum absolute atomic E-state index is 0.483. The molecule has 1 unspecified atom stereocenters. The summed E-state index contributed by atoms with van der Waals surface area (Å²) >= 11 is 7.91. The smallest absolute Gasteiger partial charge is 0.0541 e. The van der Waals surface area contributed by atoms with Crippen LogP contribution in [0.5, 0.6) is 0 Å². The lowest BCUT2D eigenvalue weighted by molar-refractivity contribution is 0.582. The molecule has 1 aromatic rings. The fourth-order valence-electron chi connectivity index (χ4n) is 1.43. The fraction of sp³-hybridized carbons (Fsp3) is 0.429. The van der Waals surface area contributed by atoms with Crippen LogP contribution in [-0.2, 0) is 0 Å². The molecule has 0 fully saturated rings. The highest BCUT2D eigenvalue weighted by molar-refractivity contribution is 7.99. The van der Waals surface area contributed by atoms with Crippen LogP contribution < -0.4 is 5.32 Å². The molecule has 92 valence electrons. The lowest BCUT2D eigenvalue weighted by Crippen LogP contribution is -2.27. The first-order chi connectivity index (χ1) is 8.27. The molecule has 1 rings (SSSR count). The van der Waals surface area contributed by atoms with Crippen molar-refractivity contribution in [3.63, 3.8) is 0 Å². The molecule has 0 bridgehead atoms. The molecule has 0 aliphatic carbocycles. The van der Waals surface area contributed by atoms with Crippen LogP contribution in [0.25, 0.3) is 0 Å². The molecule has 17 heavy (non-hydrogen) atoms. The largest absolute Gasteiger partial charge is 0.316 e. The first kappa shape index (κ1) is 14.4. The molecule has 0 amide bonds. The Balaban J connectivity index is 2.41. The number of rotatable bonds is 6. The minimum Gasteiger partial charge on any atom is -0.316 e. The summed E-state index contributed by atoms with van der Waals surface area (Å²) in [6, 6.07) is 8.45. The average molecular weight is 268 g/mol. The van der Waals surface area contributed by atoms with Gasteiger partial charge in [-0.1, -0.05) is 23.7 Å². The van der Waals surface area contributed by atoms with Crippen LogP contribution in [0.4, 0.5) is 0 Å². The zero-order valence-corrected chi connectivity index (χ0v) is 11.9. The normalized spacial score (nSPS) is 11.7. The van der Waals surface area contributed by atoms with Crippen molar-refractivity contribution in [3.05, 3.63) is 29.3 Å². The molecule has 0 saturated heterocycles. The minimum atomic E-state index is 0.483. The van der Waals surface area contributed by atoms with Gasteiger partial charge in [0.25, 0.3) is 0 Å². The molecule has 1 aromatic carbocycles. The van der Waals surface area contributed by atoms with E-state index in [-0.39, 0.29) is 0 Å². The van der Waals surface area contributed by atoms with Crippen molar-refractivity contribution in [2.24, 2.45) is 0 Å². The van der Waals surface area contributed by atoms with Gasteiger partial charge in [0.1, 0.15) is 0 Å². The predicted molar refractivity (Wildman–Crippen MR) is 77.7 cm³/mol. The van der Waals surface area contributed by atoms with E-state index in [2.05, 4.69) is 23.2 Å². The second-order valence-corrected chi connectivity index (χ2v) is 5.16. The molecule has 0 heterocycles. The molecular formula is C14H18ClNS. The van der Waals surface area contributed by atoms with E-state index in [0.717, 1.165) is 28.5 Å². The quantitative estimate of drug-likeness (QED) is 0.621. The van der Waals surface area contributed by atoms with Gasteiger partial charge in [-0.05, 0) is 32.5 Å². The Morgan fingerprint density at radius 1 is 1.41 bits per heavy atom. The monoisotopic (exact) mass is 267 g/mol. The highest BCUT2D eigenvalue weighted by atomic mass is 35.5. The summed E-state index contributed by atoms with van der Waals surface area (Å²) in [5.41, 5.74) is 0. The number of hydrogen-bond acceptors (Lipinski definition) is 2. The van der Waals surface area contributed by atoms with Gasteiger partial charge < -0.3 is 5.32 Å². The maximum atomic E-state index is 6.11. The van der Waals surface area contributed by atoms with E-state index in [0.29, 0.717) is 6.04 Å².